The highest BCUT2D eigenvalue weighted by atomic mass is 32.2. The van der Waals surface area contributed by atoms with Crippen molar-refractivity contribution in [2.45, 2.75) is 6.42 Å². The molecule has 13 heavy (non-hydrogen) atoms. The van der Waals surface area contributed by atoms with Crippen LogP contribution in [0.1, 0.15) is 6.42 Å². The quantitative estimate of drug-likeness (QED) is 0.725. The van der Waals surface area contributed by atoms with Gasteiger partial charge >= 0.3 is 0 Å². The van der Waals surface area contributed by atoms with E-state index < -0.39 is 0 Å². The highest BCUT2D eigenvalue weighted by molar-refractivity contribution is 8.00. The fourth-order valence-electron chi connectivity index (χ4n) is 1.14. The van der Waals surface area contributed by atoms with Crippen molar-refractivity contribution in [2.24, 2.45) is 12.1 Å². The number of nitrogens with one attached hydrogen (secondary N) is 1. The molecule has 0 unspecified atom stereocenters. The van der Waals surface area contributed by atoms with Gasteiger partial charge in [-0.15, -0.1) is 0 Å². The summed E-state index contributed by atoms with van der Waals surface area (Å²) in [5.74, 6) is 3.04. The molecule has 0 aromatic carbocycles. The molecule has 0 spiro atoms. The highest BCUT2D eigenvalue weighted by Gasteiger charge is 2.08. The van der Waals surface area contributed by atoms with E-state index in [9.17, 15) is 0 Å². The van der Waals surface area contributed by atoms with Gasteiger partial charge in [0.2, 0.25) is 5.95 Å². The first-order valence-corrected chi connectivity index (χ1v) is 5.38. The molecular formula is C8H12N4S. The Morgan fingerprint density at radius 3 is 3.23 bits per heavy atom. The maximum absolute atomic E-state index is 4.29. The Hall–Kier alpha value is -0.970. The molecule has 0 amide bonds. The van der Waals surface area contributed by atoms with Crippen LogP contribution in [0.25, 0.3) is 0 Å². The highest BCUT2D eigenvalue weighted by Crippen LogP contribution is 2.14. The van der Waals surface area contributed by atoms with Crippen LogP contribution in [0.5, 0.6) is 0 Å². The zero-order valence-electron chi connectivity index (χ0n) is 7.53. The van der Waals surface area contributed by atoms with Crippen LogP contribution >= 0.6 is 11.8 Å². The van der Waals surface area contributed by atoms with E-state index in [1.807, 2.05) is 29.6 Å². The van der Waals surface area contributed by atoms with Crippen molar-refractivity contribution in [3.8, 4) is 0 Å². The summed E-state index contributed by atoms with van der Waals surface area (Å²) in [6.45, 7) is 0. The Bertz CT molecular complexity index is 310. The van der Waals surface area contributed by atoms with Crippen LogP contribution in [0.15, 0.2) is 17.5 Å². The molecule has 1 fully saturated rings. The lowest BCUT2D eigenvalue weighted by Crippen LogP contribution is -2.03. The lowest BCUT2D eigenvalue weighted by molar-refractivity contribution is 0.910. The molecule has 0 bridgehead atoms. The first-order valence-electron chi connectivity index (χ1n) is 4.23. The van der Waals surface area contributed by atoms with E-state index >= 15 is 0 Å². The fraction of sp³-hybridized carbons (Fsp3) is 0.500. The molecule has 1 aromatic heterocycles. The lowest BCUT2D eigenvalue weighted by Gasteiger charge is -2.00. The van der Waals surface area contributed by atoms with Crippen molar-refractivity contribution < 1.29 is 0 Å². The van der Waals surface area contributed by atoms with E-state index in [0.717, 1.165) is 18.1 Å². The molecule has 0 radical (unpaired) electrons. The van der Waals surface area contributed by atoms with Crippen molar-refractivity contribution in [2.75, 3.05) is 16.9 Å². The molecule has 0 aliphatic carbocycles. The van der Waals surface area contributed by atoms with E-state index in [1.54, 1.807) is 6.20 Å². The number of aryl methyl sites for hydroxylation is 1. The Morgan fingerprint density at radius 2 is 2.62 bits per heavy atom. The minimum absolute atomic E-state index is 0.796. The maximum Gasteiger partial charge on any atom is 0.223 e. The zero-order valence-corrected chi connectivity index (χ0v) is 8.34. The van der Waals surface area contributed by atoms with Gasteiger partial charge in [0.25, 0.3) is 0 Å². The van der Waals surface area contributed by atoms with Gasteiger partial charge in [-0.1, -0.05) is 0 Å². The van der Waals surface area contributed by atoms with E-state index in [-0.39, 0.29) is 0 Å². The molecule has 1 aromatic rings. The predicted molar refractivity (Wildman–Crippen MR) is 56.2 cm³/mol. The third kappa shape index (κ3) is 2.03. The average molecular weight is 196 g/mol. The van der Waals surface area contributed by atoms with Gasteiger partial charge in [0.1, 0.15) is 0 Å². The second-order valence-electron chi connectivity index (χ2n) is 2.95. The SMILES string of the molecule is Cn1ccnc1N/N=C1/CCSC1. The molecule has 1 aliphatic rings. The van der Waals surface area contributed by atoms with E-state index in [0.29, 0.717) is 0 Å². The summed E-state index contributed by atoms with van der Waals surface area (Å²) >= 11 is 1.93. The summed E-state index contributed by atoms with van der Waals surface area (Å²) in [5, 5.41) is 4.29. The number of nitrogens with zero attached hydrogens (tertiary/aromatic N) is 3. The molecule has 5 heteroatoms. The number of aromatic nitrogens is 2. The number of imidazole rings is 1. The van der Waals surface area contributed by atoms with Crippen LogP contribution in [0, 0.1) is 0 Å². The maximum atomic E-state index is 4.29. The van der Waals surface area contributed by atoms with Gasteiger partial charge < -0.3 is 4.57 Å². The normalized spacial score (nSPS) is 19.6. The van der Waals surface area contributed by atoms with Crippen molar-refractivity contribution in [1.82, 2.24) is 9.55 Å². The number of hydrogen-bond acceptors (Lipinski definition) is 4. The zero-order chi connectivity index (χ0) is 9.10. The third-order valence-corrected chi connectivity index (χ3v) is 2.97. The molecular weight excluding hydrogens is 184 g/mol. The van der Waals surface area contributed by atoms with Crippen LogP contribution in [0.2, 0.25) is 0 Å². The average Bonchev–Trinajstić information content (AvgIpc) is 2.72. The van der Waals surface area contributed by atoms with Gasteiger partial charge in [0, 0.05) is 30.9 Å². The van der Waals surface area contributed by atoms with Gasteiger partial charge in [-0.05, 0) is 12.2 Å². The van der Waals surface area contributed by atoms with Crippen LogP contribution in [-0.2, 0) is 7.05 Å². The minimum Gasteiger partial charge on any atom is -0.319 e. The monoisotopic (exact) mass is 196 g/mol. The number of hydrogen-bond donors (Lipinski definition) is 1. The molecule has 1 aliphatic heterocycles. The summed E-state index contributed by atoms with van der Waals surface area (Å²) in [6, 6.07) is 0. The molecule has 0 atom stereocenters. The second-order valence-corrected chi connectivity index (χ2v) is 4.06. The molecule has 70 valence electrons. The van der Waals surface area contributed by atoms with Gasteiger partial charge in [0.05, 0.1) is 0 Å². The molecule has 0 saturated carbocycles. The Morgan fingerprint density at radius 1 is 1.69 bits per heavy atom. The van der Waals surface area contributed by atoms with E-state index in [2.05, 4.69) is 15.5 Å². The van der Waals surface area contributed by atoms with Gasteiger partial charge in [0.15, 0.2) is 0 Å². The van der Waals surface area contributed by atoms with Crippen LogP contribution < -0.4 is 5.43 Å². The Balaban J connectivity index is 1.99. The second kappa shape index (κ2) is 3.83. The molecule has 1 N–H and O–H groups in total. The molecule has 1 saturated heterocycles. The fourth-order valence-corrected chi connectivity index (χ4v) is 2.11. The van der Waals surface area contributed by atoms with Crippen molar-refractivity contribution in [1.29, 1.82) is 0 Å². The van der Waals surface area contributed by atoms with Gasteiger partial charge in [-0.2, -0.15) is 16.9 Å². The van der Waals surface area contributed by atoms with Crippen molar-refractivity contribution in [3.05, 3.63) is 12.4 Å². The summed E-state index contributed by atoms with van der Waals surface area (Å²) in [6.07, 6.45) is 4.75. The van der Waals surface area contributed by atoms with Crippen LogP contribution in [-0.4, -0.2) is 26.8 Å². The summed E-state index contributed by atoms with van der Waals surface area (Å²) < 4.78 is 1.91. The first-order chi connectivity index (χ1) is 6.36. The predicted octanol–water partition coefficient (Wildman–Crippen LogP) is 1.32. The smallest absolute Gasteiger partial charge is 0.223 e. The van der Waals surface area contributed by atoms with Gasteiger partial charge in [-0.25, -0.2) is 10.4 Å². The third-order valence-electron chi connectivity index (χ3n) is 1.94. The summed E-state index contributed by atoms with van der Waals surface area (Å²) in [4.78, 5) is 4.11. The largest absolute Gasteiger partial charge is 0.319 e. The molecule has 2 rings (SSSR count). The lowest BCUT2D eigenvalue weighted by atomic mass is 10.3. The molecule has 4 nitrogen and oxygen atoms in total. The van der Waals surface area contributed by atoms with E-state index in [4.69, 9.17) is 0 Å². The molecule has 2 heterocycles. The standard InChI is InChI=1S/C8H12N4S/c1-12-4-3-9-8(12)11-10-7-2-5-13-6-7/h3-4H,2,5-6H2,1H3,(H,9,11)/b10-7-. The number of hydrazone groups is 1. The van der Waals surface area contributed by atoms with Gasteiger partial charge in [-0.3, -0.25) is 0 Å². The topological polar surface area (TPSA) is 42.2 Å². The van der Waals surface area contributed by atoms with Crippen molar-refractivity contribution in [3.63, 3.8) is 0 Å². The van der Waals surface area contributed by atoms with Crippen LogP contribution in [0.3, 0.4) is 0 Å². The summed E-state index contributed by atoms with van der Waals surface area (Å²) in [7, 11) is 1.94. The van der Waals surface area contributed by atoms with Crippen molar-refractivity contribution >= 4 is 23.4 Å². The first kappa shape index (κ1) is 8.62. The Labute approximate surface area is 81.4 Å². The number of rotatable bonds is 2. The Kier molecular flexibility index (Phi) is 2.54. The number of thioether (sulfide) groups is 1. The van der Waals surface area contributed by atoms with Crippen LogP contribution in [0.4, 0.5) is 5.95 Å². The number of anilines is 1. The summed E-state index contributed by atoms with van der Waals surface area (Å²) in [5.41, 5.74) is 4.19. The minimum atomic E-state index is 0.796. The van der Waals surface area contributed by atoms with E-state index in [1.165, 1.54) is 11.5 Å².